The van der Waals surface area contributed by atoms with Gasteiger partial charge in [-0.25, -0.2) is 4.98 Å². The molecular weight excluding hydrogens is 493 g/mol. The minimum Gasteiger partial charge on any atom is -0.467 e. The molecule has 0 bridgehead atoms. The summed E-state index contributed by atoms with van der Waals surface area (Å²) in [6, 6.07) is 3.60. The molecule has 2 heterocycles. The number of ether oxygens (including phenoxy) is 1. The molecule has 0 aliphatic carbocycles. The summed E-state index contributed by atoms with van der Waals surface area (Å²) in [5.41, 5.74) is 5.34. The molecule has 11 heteroatoms. The lowest BCUT2D eigenvalue weighted by atomic mass is 9.79. The van der Waals surface area contributed by atoms with Gasteiger partial charge in [-0.05, 0) is 51.4 Å². The molecule has 0 radical (unpaired) electrons. The van der Waals surface area contributed by atoms with Gasteiger partial charge in [-0.15, -0.1) is 0 Å². The minimum atomic E-state index is -4.67. The van der Waals surface area contributed by atoms with E-state index in [1.54, 1.807) is 6.92 Å². The van der Waals surface area contributed by atoms with Crippen molar-refractivity contribution in [1.82, 2.24) is 20.3 Å². The average Bonchev–Trinajstić information content (AvgIpc) is 2.80. The number of nitrogens with two attached hydrogens (primary N) is 1. The molecule has 0 aliphatic rings. The van der Waals surface area contributed by atoms with Crippen LogP contribution in [-0.2, 0) is 6.18 Å². The molecule has 0 amide bonds. The molecule has 36 heavy (non-hydrogen) atoms. The Labute approximate surface area is 214 Å². The number of halogens is 4. The van der Waals surface area contributed by atoms with Gasteiger partial charge in [0.25, 0.3) is 0 Å². The standard InChI is InChI=1S/C25H32ClF3N6O/c1-8-17(31-6)24(5,12(2)3)35-22-19-13(4)32-23(36-7)33-16(19)11-14(20(22)26)21-15(25(27,28)29)9-10-18(30)34-21/h9-12,17,31,35H,8H2,1-7H3,(H2,30,34)/t17-,24-/m0/s1. The molecule has 196 valence electrons. The molecule has 0 aliphatic heterocycles. The Morgan fingerprint density at radius 1 is 1.17 bits per heavy atom. The molecule has 0 fully saturated rings. The zero-order chi connectivity index (χ0) is 27.0. The number of hydrogen-bond donors (Lipinski definition) is 3. The lowest BCUT2D eigenvalue weighted by molar-refractivity contribution is -0.137. The Balaban J connectivity index is 2.45. The van der Waals surface area contributed by atoms with Crippen molar-refractivity contribution in [3.63, 3.8) is 0 Å². The van der Waals surface area contributed by atoms with Gasteiger partial charge >= 0.3 is 12.2 Å². The van der Waals surface area contributed by atoms with E-state index in [9.17, 15) is 13.2 Å². The lowest BCUT2D eigenvalue weighted by Crippen LogP contribution is -2.56. The molecule has 0 unspecified atom stereocenters. The number of rotatable bonds is 8. The highest BCUT2D eigenvalue weighted by Crippen LogP contribution is 2.46. The van der Waals surface area contributed by atoms with Crippen molar-refractivity contribution < 1.29 is 17.9 Å². The molecule has 4 N–H and O–H groups in total. The van der Waals surface area contributed by atoms with Gasteiger partial charge in [0.05, 0.1) is 45.8 Å². The summed E-state index contributed by atoms with van der Waals surface area (Å²) >= 11 is 6.93. The maximum absolute atomic E-state index is 14.0. The smallest absolute Gasteiger partial charge is 0.418 e. The molecule has 0 saturated carbocycles. The van der Waals surface area contributed by atoms with E-state index < -0.39 is 17.3 Å². The van der Waals surface area contributed by atoms with Crippen molar-refractivity contribution in [1.29, 1.82) is 0 Å². The maximum atomic E-state index is 14.0. The second-order valence-corrected chi connectivity index (χ2v) is 9.62. The van der Waals surface area contributed by atoms with Crippen LogP contribution in [0.1, 0.15) is 45.4 Å². The molecule has 2 aromatic heterocycles. The molecule has 1 aromatic carbocycles. The van der Waals surface area contributed by atoms with Crippen LogP contribution >= 0.6 is 11.6 Å². The van der Waals surface area contributed by atoms with Crippen LogP contribution in [0, 0.1) is 12.8 Å². The first-order valence-electron chi connectivity index (χ1n) is 11.6. The molecule has 0 spiro atoms. The number of anilines is 2. The SMILES string of the molecule is CC[C@H](NC)[C@@](C)(Nc1c(Cl)c(-c2nc(N)ccc2C(F)(F)F)cc2nc(OC)nc(C)c12)C(C)C. The van der Waals surface area contributed by atoms with Gasteiger partial charge in [0.15, 0.2) is 0 Å². The number of nitrogens with zero attached hydrogens (tertiary/aromatic N) is 3. The summed E-state index contributed by atoms with van der Waals surface area (Å²) in [5, 5.41) is 7.57. The number of nitrogens with one attached hydrogen (secondary N) is 2. The third-order valence-electron chi connectivity index (χ3n) is 6.82. The van der Waals surface area contributed by atoms with Gasteiger partial charge in [-0.3, -0.25) is 0 Å². The average molecular weight is 525 g/mol. The maximum Gasteiger partial charge on any atom is 0.418 e. The number of aromatic nitrogens is 3. The van der Waals surface area contributed by atoms with Crippen LogP contribution in [0.5, 0.6) is 6.01 Å². The van der Waals surface area contributed by atoms with Gasteiger partial charge in [0.1, 0.15) is 5.82 Å². The number of alkyl halides is 3. The van der Waals surface area contributed by atoms with E-state index in [2.05, 4.69) is 53.3 Å². The Morgan fingerprint density at radius 3 is 2.36 bits per heavy atom. The normalized spacial score (nSPS) is 14.7. The number of hydrogen-bond acceptors (Lipinski definition) is 7. The number of likely N-dealkylation sites (N-methyl/N-ethyl adjacent to an activating group) is 1. The minimum absolute atomic E-state index is 0.0166. The van der Waals surface area contributed by atoms with Gasteiger partial charge in [-0.2, -0.15) is 23.1 Å². The third-order valence-corrected chi connectivity index (χ3v) is 7.21. The Morgan fingerprint density at radius 2 is 1.83 bits per heavy atom. The van der Waals surface area contributed by atoms with E-state index in [1.807, 2.05) is 7.05 Å². The van der Waals surface area contributed by atoms with Crippen LogP contribution in [0.4, 0.5) is 24.7 Å². The van der Waals surface area contributed by atoms with Gasteiger partial charge < -0.3 is 21.1 Å². The zero-order valence-corrected chi connectivity index (χ0v) is 22.2. The number of pyridine rings is 1. The summed E-state index contributed by atoms with van der Waals surface area (Å²) in [4.78, 5) is 12.9. The Bertz CT molecular complexity index is 1260. The van der Waals surface area contributed by atoms with Crippen molar-refractivity contribution in [2.75, 3.05) is 25.2 Å². The second kappa shape index (κ2) is 10.3. The lowest BCUT2D eigenvalue weighted by Gasteiger charge is -2.43. The van der Waals surface area contributed by atoms with Crippen LogP contribution in [0.3, 0.4) is 0 Å². The monoisotopic (exact) mass is 524 g/mol. The molecule has 2 atom stereocenters. The molecule has 0 saturated heterocycles. The highest BCUT2D eigenvalue weighted by Gasteiger charge is 2.39. The fourth-order valence-corrected chi connectivity index (χ4v) is 4.83. The summed E-state index contributed by atoms with van der Waals surface area (Å²) in [7, 11) is 3.30. The Hall–Kier alpha value is -2.85. The van der Waals surface area contributed by atoms with Crippen LogP contribution in [-0.4, -0.2) is 40.7 Å². The largest absolute Gasteiger partial charge is 0.467 e. The highest BCUT2D eigenvalue weighted by molar-refractivity contribution is 6.38. The van der Waals surface area contributed by atoms with E-state index in [-0.39, 0.29) is 40.1 Å². The van der Waals surface area contributed by atoms with E-state index in [0.717, 1.165) is 18.6 Å². The topological polar surface area (TPSA) is 98.0 Å². The van der Waals surface area contributed by atoms with Crippen LogP contribution in [0.15, 0.2) is 18.2 Å². The first-order chi connectivity index (χ1) is 16.8. The van der Waals surface area contributed by atoms with Crippen LogP contribution in [0.2, 0.25) is 5.02 Å². The summed E-state index contributed by atoms with van der Waals surface area (Å²) < 4.78 is 47.2. The van der Waals surface area contributed by atoms with Crippen molar-refractivity contribution >= 4 is 34.0 Å². The first-order valence-corrected chi connectivity index (χ1v) is 12.0. The fraction of sp³-hybridized carbons (Fsp3) is 0.480. The van der Waals surface area contributed by atoms with E-state index in [0.29, 0.717) is 22.3 Å². The number of benzene rings is 1. The predicted octanol–water partition coefficient (Wildman–Crippen LogP) is 6.09. The van der Waals surface area contributed by atoms with Gasteiger partial charge in [0.2, 0.25) is 0 Å². The molecule has 3 aromatic rings. The second-order valence-electron chi connectivity index (χ2n) is 9.24. The summed E-state index contributed by atoms with van der Waals surface area (Å²) in [5.74, 6) is 0.0498. The zero-order valence-electron chi connectivity index (χ0n) is 21.4. The number of nitrogen functional groups attached to an aromatic ring is 1. The molecule has 3 rings (SSSR count). The Kier molecular flexibility index (Phi) is 7.90. The summed E-state index contributed by atoms with van der Waals surface area (Å²) in [6.07, 6.45) is -3.88. The van der Waals surface area contributed by atoms with Crippen LogP contribution in [0.25, 0.3) is 22.2 Å². The number of aryl methyl sites for hydroxylation is 1. The van der Waals surface area contributed by atoms with Crippen LogP contribution < -0.4 is 21.1 Å². The van der Waals surface area contributed by atoms with E-state index in [4.69, 9.17) is 22.1 Å². The predicted molar refractivity (Wildman–Crippen MR) is 138 cm³/mol. The van der Waals surface area contributed by atoms with Crippen molar-refractivity contribution in [3.8, 4) is 17.3 Å². The third kappa shape index (κ3) is 5.01. The van der Waals surface area contributed by atoms with Crippen molar-refractivity contribution in [2.45, 2.75) is 58.8 Å². The van der Waals surface area contributed by atoms with E-state index in [1.165, 1.54) is 13.2 Å². The number of fused-ring (bicyclic) bond motifs is 1. The number of methoxy groups -OCH3 is 1. The van der Waals surface area contributed by atoms with Crippen molar-refractivity contribution in [2.24, 2.45) is 5.92 Å². The molecular formula is C25H32ClF3N6O. The highest BCUT2D eigenvalue weighted by atomic mass is 35.5. The van der Waals surface area contributed by atoms with Gasteiger partial charge in [0, 0.05) is 17.0 Å². The summed E-state index contributed by atoms with van der Waals surface area (Å²) in [6.45, 7) is 10.0. The van der Waals surface area contributed by atoms with Crippen molar-refractivity contribution in [3.05, 3.63) is 34.5 Å². The fourth-order valence-electron chi connectivity index (χ4n) is 4.55. The van der Waals surface area contributed by atoms with E-state index >= 15 is 0 Å². The quantitative estimate of drug-likeness (QED) is 0.328. The van der Waals surface area contributed by atoms with Gasteiger partial charge in [-0.1, -0.05) is 32.4 Å². The first kappa shape index (κ1) is 27.7. The molecule has 7 nitrogen and oxygen atoms in total.